The fourth-order valence-corrected chi connectivity index (χ4v) is 1.31. The molecule has 0 aliphatic heterocycles. The van der Waals surface area contributed by atoms with Crippen LogP contribution in [0.5, 0.6) is 0 Å². The molecule has 0 atom stereocenters. The van der Waals surface area contributed by atoms with Gasteiger partial charge in [0.15, 0.2) is 0 Å². The number of hydrogen-bond acceptors (Lipinski definition) is 1. The second-order valence-corrected chi connectivity index (χ2v) is 3.07. The van der Waals surface area contributed by atoms with E-state index in [9.17, 15) is 13.2 Å². The lowest BCUT2D eigenvalue weighted by Gasteiger charge is -2.00. The zero-order valence-electron chi connectivity index (χ0n) is 9.31. The zero-order chi connectivity index (χ0) is 12.3. The predicted molar refractivity (Wildman–Crippen MR) is 57.2 cm³/mol. The Morgan fingerprint density at radius 2 is 1.88 bits per heavy atom. The highest BCUT2D eigenvalue weighted by Gasteiger charge is 2.32. The number of aryl methyl sites for hydroxylation is 1. The number of rotatable bonds is 0. The number of alkyl halides is 3. The summed E-state index contributed by atoms with van der Waals surface area (Å²) in [6, 6.07) is 2.76. The molecular formula is C11H13F3N2. The minimum Gasteiger partial charge on any atom is -0.336 e. The third-order valence-electron chi connectivity index (χ3n) is 2.06. The molecule has 5 heteroatoms. The molecule has 0 spiro atoms. The van der Waals surface area contributed by atoms with Crippen LogP contribution in [-0.2, 0) is 6.18 Å². The highest BCUT2D eigenvalue weighted by Crippen LogP contribution is 2.31. The molecule has 0 amide bonds. The number of hydrogen-bond donors (Lipinski definition) is 1. The average Bonchev–Trinajstić information content (AvgIpc) is 2.65. The van der Waals surface area contributed by atoms with Crippen LogP contribution in [0.15, 0.2) is 18.3 Å². The van der Waals surface area contributed by atoms with Crippen molar-refractivity contribution in [2.75, 3.05) is 0 Å². The molecule has 2 nitrogen and oxygen atoms in total. The molecule has 1 N–H and O–H groups in total. The molecule has 88 valence electrons. The summed E-state index contributed by atoms with van der Waals surface area (Å²) in [6.07, 6.45) is -2.86. The van der Waals surface area contributed by atoms with E-state index in [1.807, 2.05) is 13.8 Å². The van der Waals surface area contributed by atoms with Gasteiger partial charge in [0, 0.05) is 11.6 Å². The summed E-state index contributed by atoms with van der Waals surface area (Å²) in [5, 5.41) is 0.514. The lowest BCUT2D eigenvalue weighted by atomic mass is 10.2. The lowest BCUT2D eigenvalue weighted by molar-refractivity contribution is -0.140. The molecule has 16 heavy (non-hydrogen) atoms. The zero-order valence-corrected chi connectivity index (χ0v) is 9.31. The van der Waals surface area contributed by atoms with Crippen LogP contribution in [0.2, 0.25) is 0 Å². The van der Waals surface area contributed by atoms with E-state index in [1.165, 1.54) is 6.20 Å². The molecular weight excluding hydrogens is 217 g/mol. The standard InChI is InChI=1S/C9H7F3N2.C2H6/c1-5-2-3-13-8-6(5)4-7(14-8)9(10,11)12;1-2/h2-4H,1H3,(H,13,14);1-2H3. The monoisotopic (exact) mass is 230 g/mol. The molecule has 0 aliphatic carbocycles. The van der Waals surface area contributed by atoms with Gasteiger partial charge < -0.3 is 4.98 Å². The molecule has 2 aromatic rings. The second-order valence-electron chi connectivity index (χ2n) is 3.07. The van der Waals surface area contributed by atoms with Crippen LogP contribution < -0.4 is 0 Å². The van der Waals surface area contributed by atoms with Crippen molar-refractivity contribution in [3.05, 3.63) is 29.6 Å². The lowest BCUT2D eigenvalue weighted by Crippen LogP contribution is -2.04. The Hall–Kier alpha value is -1.52. The number of nitrogens with one attached hydrogen (secondary N) is 1. The summed E-state index contributed by atoms with van der Waals surface area (Å²) in [7, 11) is 0. The van der Waals surface area contributed by atoms with Gasteiger partial charge in [0.05, 0.1) is 0 Å². The van der Waals surface area contributed by atoms with Crippen molar-refractivity contribution >= 4 is 11.0 Å². The van der Waals surface area contributed by atoms with Crippen LogP contribution in [0.25, 0.3) is 11.0 Å². The van der Waals surface area contributed by atoms with Gasteiger partial charge in [-0.25, -0.2) is 4.98 Å². The topological polar surface area (TPSA) is 28.7 Å². The van der Waals surface area contributed by atoms with Gasteiger partial charge in [-0.15, -0.1) is 0 Å². The molecule has 0 fully saturated rings. The van der Waals surface area contributed by atoms with E-state index in [0.29, 0.717) is 5.39 Å². The van der Waals surface area contributed by atoms with Gasteiger partial charge in [0.2, 0.25) is 0 Å². The van der Waals surface area contributed by atoms with Gasteiger partial charge in [0.25, 0.3) is 0 Å². The summed E-state index contributed by atoms with van der Waals surface area (Å²) in [5.41, 5.74) is 0.299. The van der Waals surface area contributed by atoms with Gasteiger partial charge in [-0.3, -0.25) is 0 Å². The minimum atomic E-state index is -4.34. The number of halogens is 3. The van der Waals surface area contributed by atoms with Crippen LogP contribution in [0.4, 0.5) is 13.2 Å². The van der Waals surface area contributed by atoms with Crippen molar-refractivity contribution in [1.82, 2.24) is 9.97 Å². The van der Waals surface area contributed by atoms with Gasteiger partial charge in [-0.1, -0.05) is 13.8 Å². The van der Waals surface area contributed by atoms with E-state index < -0.39 is 11.9 Å². The van der Waals surface area contributed by atoms with Crippen molar-refractivity contribution in [1.29, 1.82) is 0 Å². The van der Waals surface area contributed by atoms with Crippen LogP contribution in [0, 0.1) is 6.92 Å². The first-order chi connectivity index (χ1) is 7.48. The Bertz CT molecular complexity index is 472. The molecule has 2 aromatic heterocycles. The van der Waals surface area contributed by atoms with Crippen LogP contribution in [-0.4, -0.2) is 9.97 Å². The molecule has 0 bridgehead atoms. The summed E-state index contributed by atoms with van der Waals surface area (Å²) >= 11 is 0. The van der Waals surface area contributed by atoms with Gasteiger partial charge in [0.1, 0.15) is 11.3 Å². The third-order valence-corrected chi connectivity index (χ3v) is 2.06. The van der Waals surface area contributed by atoms with Gasteiger partial charge >= 0.3 is 6.18 Å². The molecule has 0 aromatic carbocycles. The summed E-state index contributed by atoms with van der Waals surface area (Å²) < 4.78 is 36.9. The van der Waals surface area contributed by atoms with Crippen molar-refractivity contribution in [2.45, 2.75) is 26.9 Å². The SMILES string of the molecule is CC.Cc1ccnc2[nH]c(C(F)(F)F)cc12. The third kappa shape index (κ3) is 2.35. The van der Waals surface area contributed by atoms with Crippen molar-refractivity contribution in [3.8, 4) is 0 Å². The summed E-state index contributed by atoms with van der Waals surface area (Å²) in [5.74, 6) is 0. The first-order valence-corrected chi connectivity index (χ1v) is 5.00. The maximum atomic E-state index is 12.3. The highest BCUT2D eigenvalue weighted by molar-refractivity contribution is 5.80. The predicted octanol–water partition coefficient (Wildman–Crippen LogP) is 3.92. The number of aromatic nitrogens is 2. The molecule has 0 saturated heterocycles. The van der Waals surface area contributed by atoms with Crippen LogP contribution in [0.1, 0.15) is 25.1 Å². The van der Waals surface area contributed by atoms with Crippen molar-refractivity contribution in [3.63, 3.8) is 0 Å². The van der Waals surface area contributed by atoms with E-state index in [-0.39, 0.29) is 5.65 Å². The second kappa shape index (κ2) is 4.55. The van der Waals surface area contributed by atoms with Gasteiger partial charge in [-0.2, -0.15) is 13.2 Å². The summed E-state index contributed by atoms with van der Waals surface area (Å²) in [6.45, 7) is 5.75. The maximum absolute atomic E-state index is 12.3. The number of pyridine rings is 1. The van der Waals surface area contributed by atoms with E-state index in [1.54, 1.807) is 13.0 Å². The molecule has 2 rings (SSSR count). The largest absolute Gasteiger partial charge is 0.431 e. The average molecular weight is 230 g/mol. The summed E-state index contributed by atoms with van der Waals surface area (Å²) in [4.78, 5) is 6.06. The molecule has 0 saturated carbocycles. The highest BCUT2D eigenvalue weighted by atomic mass is 19.4. The smallest absolute Gasteiger partial charge is 0.336 e. The molecule has 0 radical (unpaired) electrons. The van der Waals surface area contributed by atoms with Crippen LogP contribution >= 0.6 is 0 Å². The van der Waals surface area contributed by atoms with Crippen molar-refractivity contribution < 1.29 is 13.2 Å². The first-order valence-electron chi connectivity index (χ1n) is 5.00. The Kier molecular flexibility index (Phi) is 3.57. The molecule has 0 aliphatic rings. The number of fused-ring (bicyclic) bond motifs is 1. The Balaban J connectivity index is 0.000000606. The Labute approximate surface area is 91.5 Å². The Morgan fingerprint density at radius 3 is 2.38 bits per heavy atom. The number of nitrogens with zero attached hydrogens (tertiary/aromatic N) is 1. The van der Waals surface area contributed by atoms with Crippen molar-refractivity contribution in [2.24, 2.45) is 0 Å². The first kappa shape index (κ1) is 12.5. The molecule has 2 heterocycles. The quantitative estimate of drug-likeness (QED) is 0.730. The Morgan fingerprint density at radius 1 is 1.25 bits per heavy atom. The van der Waals surface area contributed by atoms with Gasteiger partial charge in [-0.05, 0) is 24.6 Å². The normalized spacial score (nSPS) is 11.1. The van der Waals surface area contributed by atoms with E-state index >= 15 is 0 Å². The number of aromatic amines is 1. The minimum absolute atomic E-state index is 0.275. The van der Waals surface area contributed by atoms with E-state index in [2.05, 4.69) is 9.97 Å². The van der Waals surface area contributed by atoms with Crippen LogP contribution in [0.3, 0.4) is 0 Å². The van der Waals surface area contributed by atoms with E-state index in [4.69, 9.17) is 0 Å². The van der Waals surface area contributed by atoms with E-state index in [0.717, 1.165) is 11.6 Å². The number of H-pyrrole nitrogens is 1. The fourth-order valence-electron chi connectivity index (χ4n) is 1.31. The maximum Gasteiger partial charge on any atom is 0.431 e. The molecule has 0 unspecified atom stereocenters. The fraction of sp³-hybridized carbons (Fsp3) is 0.364.